The van der Waals surface area contributed by atoms with Crippen LogP contribution in [-0.4, -0.2) is 52.0 Å². The molecule has 9 heteroatoms. The first-order valence-corrected chi connectivity index (χ1v) is 10.8. The van der Waals surface area contributed by atoms with Crippen LogP contribution in [0.15, 0.2) is 65.2 Å². The number of benzene rings is 1. The van der Waals surface area contributed by atoms with Gasteiger partial charge in [0.05, 0.1) is 22.2 Å². The summed E-state index contributed by atoms with van der Waals surface area (Å²) in [5.74, 6) is 1.14. The molecule has 166 valence electrons. The van der Waals surface area contributed by atoms with Crippen molar-refractivity contribution in [1.82, 2.24) is 20.1 Å². The molecule has 0 unspecified atom stereocenters. The molecule has 8 nitrogen and oxygen atoms in total. The Balaban J connectivity index is 1.70. The summed E-state index contributed by atoms with van der Waals surface area (Å²) in [6, 6.07) is 15.6. The Morgan fingerprint density at radius 2 is 1.97 bits per heavy atom. The van der Waals surface area contributed by atoms with Crippen molar-refractivity contribution < 1.29 is 9.34 Å². The second-order valence-electron chi connectivity index (χ2n) is 7.95. The van der Waals surface area contributed by atoms with Crippen LogP contribution in [0.4, 0.5) is 5.69 Å². The zero-order valence-corrected chi connectivity index (χ0v) is 18.8. The number of nitrogens with zero attached hydrogens (tertiary/aromatic N) is 4. The van der Waals surface area contributed by atoms with Crippen molar-refractivity contribution in [3.05, 3.63) is 82.4 Å². The lowest BCUT2D eigenvalue weighted by atomic mass is 10.0. The Labute approximate surface area is 192 Å². The monoisotopic (exact) mass is 451 g/mol. The molecule has 1 N–H and O–H groups in total. The molecule has 0 amide bonds. The fourth-order valence-electron chi connectivity index (χ4n) is 4.01. The molecule has 0 bridgehead atoms. The molecule has 0 spiro atoms. The van der Waals surface area contributed by atoms with Gasteiger partial charge in [0.25, 0.3) is 5.69 Å². The average Bonchev–Trinajstić information content (AvgIpc) is 3.39. The van der Waals surface area contributed by atoms with Crippen molar-refractivity contribution in [2.75, 3.05) is 27.2 Å². The number of nitro groups is 1. The first-order chi connectivity index (χ1) is 15.5. The van der Waals surface area contributed by atoms with E-state index in [1.807, 2.05) is 38.4 Å². The van der Waals surface area contributed by atoms with E-state index in [4.69, 9.17) is 16.6 Å². The number of aromatic nitrogens is 1. The zero-order chi connectivity index (χ0) is 22.7. The van der Waals surface area contributed by atoms with Gasteiger partial charge in [0, 0.05) is 18.8 Å². The van der Waals surface area contributed by atoms with E-state index < -0.39 is 4.92 Å². The molecule has 1 aliphatic rings. The highest BCUT2D eigenvalue weighted by Gasteiger charge is 2.41. The van der Waals surface area contributed by atoms with Gasteiger partial charge in [-0.25, -0.2) is 0 Å². The molecule has 0 radical (unpaired) electrons. The number of rotatable bonds is 8. The molecule has 32 heavy (non-hydrogen) atoms. The second-order valence-corrected chi connectivity index (χ2v) is 8.34. The number of hydrogen-bond donors (Lipinski definition) is 1. The summed E-state index contributed by atoms with van der Waals surface area (Å²) in [4.78, 5) is 19.9. The third-order valence-corrected chi connectivity index (χ3v) is 5.84. The lowest BCUT2D eigenvalue weighted by Crippen LogP contribution is -2.32. The number of pyridine rings is 1. The second kappa shape index (κ2) is 9.46. The van der Waals surface area contributed by atoms with Crippen LogP contribution in [0.3, 0.4) is 0 Å². The van der Waals surface area contributed by atoms with Crippen LogP contribution in [0.1, 0.15) is 30.0 Å². The smallest absolute Gasteiger partial charge is 0.280 e. The predicted molar refractivity (Wildman–Crippen MR) is 126 cm³/mol. The molecule has 0 aliphatic carbocycles. The lowest BCUT2D eigenvalue weighted by molar-refractivity contribution is -0.384. The zero-order valence-electron chi connectivity index (χ0n) is 18.0. The minimum absolute atomic E-state index is 0.0117. The fourth-order valence-corrected chi connectivity index (χ4v) is 4.34. The first kappa shape index (κ1) is 21.9. The number of nitrogens with one attached hydrogen (secondary N) is 1. The molecule has 1 aliphatic heterocycles. The van der Waals surface area contributed by atoms with E-state index in [1.54, 1.807) is 30.5 Å². The minimum Gasteiger partial charge on any atom is -0.459 e. The third kappa shape index (κ3) is 4.49. The van der Waals surface area contributed by atoms with Crippen LogP contribution in [0.5, 0.6) is 0 Å². The number of furan rings is 1. The van der Waals surface area contributed by atoms with E-state index in [-0.39, 0.29) is 17.8 Å². The predicted octanol–water partition coefficient (Wildman–Crippen LogP) is 4.17. The van der Waals surface area contributed by atoms with Gasteiger partial charge in [-0.2, -0.15) is 0 Å². The molecule has 2 aromatic heterocycles. The number of nitro benzene ring substituents is 1. The number of para-hydroxylation sites is 1. The van der Waals surface area contributed by atoms with Crippen molar-refractivity contribution in [3.8, 4) is 11.3 Å². The first-order valence-electron chi connectivity index (χ1n) is 10.4. The van der Waals surface area contributed by atoms with Gasteiger partial charge in [-0.05, 0) is 69.6 Å². The van der Waals surface area contributed by atoms with Crippen molar-refractivity contribution in [1.29, 1.82) is 0 Å². The van der Waals surface area contributed by atoms with E-state index in [2.05, 4.69) is 20.1 Å². The highest BCUT2D eigenvalue weighted by molar-refractivity contribution is 7.80. The minimum atomic E-state index is -0.395. The Morgan fingerprint density at radius 1 is 1.19 bits per heavy atom. The molecule has 1 saturated heterocycles. The summed E-state index contributed by atoms with van der Waals surface area (Å²) in [5, 5.41) is 15.5. The summed E-state index contributed by atoms with van der Waals surface area (Å²) >= 11 is 5.67. The Bertz CT molecular complexity index is 1100. The molecule has 0 saturated carbocycles. The highest BCUT2D eigenvalue weighted by atomic mass is 32.1. The topological polar surface area (TPSA) is 87.7 Å². The summed E-state index contributed by atoms with van der Waals surface area (Å²) in [5.41, 5.74) is 1.32. The standard InChI is InChI=1S/C23H25N5O3S/c1-26(2)14-7-15-27-22(21(25-23(27)32)17-9-5-6-13-24-17)20-12-11-19(31-20)16-8-3-4-10-18(16)28(29)30/h3-6,8-13,21-22H,7,14-15H2,1-2H3,(H,25,32)/t21-,22+/m0/s1. The van der Waals surface area contributed by atoms with E-state index in [9.17, 15) is 10.1 Å². The van der Waals surface area contributed by atoms with Gasteiger partial charge in [0.2, 0.25) is 0 Å². The fraction of sp³-hybridized carbons (Fsp3) is 0.304. The maximum atomic E-state index is 11.5. The SMILES string of the molecule is CN(C)CCCN1C(=S)N[C@@H](c2ccccn2)[C@H]1c1ccc(-c2ccccc2[N+](=O)[O-])o1. The van der Waals surface area contributed by atoms with Crippen molar-refractivity contribution in [2.45, 2.75) is 18.5 Å². The van der Waals surface area contributed by atoms with Crippen LogP contribution >= 0.6 is 12.2 Å². The molecule has 2 atom stereocenters. The average molecular weight is 452 g/mol. The van der Waals surface area contributed by atoms with E-state index in [0.29, 0.717) is 22.2 Å². The number of thiocarbonyl (C=S) groups is 1. The van der Waals surface area contributed by atoms with Crippen molar-refractivity contribution in [3.63, 3.8) is 0 Å². The Morgan fingerprint density at radius 3 is 2.69 bits per heavy atom. The van der Waals surface area contributed by atoms with Gasteiger partial charge in [-0.15, -0.1) is 0 Å². The van der Waals surface area contributed by atoms with Crippen molar-refractivity contribution >= 4 is 23.0 Å². The maximum absolute atomic E-state index is 11.5. The van der Waals surface area contributed by atoms with Gasteiger partial charge < -0.3 is 19.5 Å². The van der Waals surface area contributed by atoms with Crippen LogP contribution in [0.2, 0.25) is 0 Å². The summed E-state index contributed by atoms with van der Waals surface area (Å²) < 4.78 is 6.22. The quantitative estimate of drug-likeness (QED) is 0.310. The third-order valence-electron chi connectivity index (χ3n) is 5.49. The molecule has 1 fully saturated rings. The van der Waals surface area contributed by atoms with Gasteiger partial charge in [0.1, 0.15) is 17.6 Å². The number of hydrogen-bond acceptors (Lipinski definition) is 6. The van der Waals surface area contributed by atoms with Crippen LogP contribution in [0.25, 0.3) is 11.3 Å². The largest absolute Gasteiger partial charge is 0.459 e. The van der Waals surface area contributed by atoms with E-state index in [1.165, 1.54) is 6.07 Å². The molecule has 3 heterocycles. The Hall–Kier alpha value is -3.30. The summed E-state index contributed by atoms with van der Waals surface area (Å²) in [6.45, 7) is 1.68. The summed E-state index contributed by atoms with van der Waals surface area (Å²) in [6.07, 6.45) is 2.69. The normalized spacial score (nSPS) is 18.2. The van der Waals surface area contributed by atoms with Gasteiger partial charge >= 0.3 is 0 Å². The van der Waals surface area contributed by atoms with Crippen LogP contribution in [-0.2, 0) is 0 Å². The molecule has 3 aromatic rings. The Kier molecular flexibility index (Phi) is 6.48. The molecule has 1 aromatic carbocycles. The van der Waals surface area contributed by atoms with Crippen LogP contribution in [0, 0.1) is 10.1 Å². The molecular weight excluding hydrogens is 426 g/mol. The van der Waals surface area contributed by atoms with Gasteiger partial charge in [0.15, 0.2) is 5.11 Å². The van der Waals surface area contributed by atoms with Gasteiger partial charge in [-0.1, -0.05) is 18.2 Å². The maximum Gasteiger partial charge on any atom is 0.280 e. The van der Waals surface area contributed by atoms with Crippen molar-refractivity contribution in [2.24, 2.45) is 0 Å². The van der Waals surface area contributed by atoms with Gasteiger partial charge in [-0.3, -0.25) is 15.1 Å². The van der Waals surface area contributed by atoms with Crippen LogP contribution < -0.4 is 5.32 Å². The molecule has 4 rings (SSSR count). The van der Waals surface area contributed by atoms with E-state index in [0.717, 1.165) is 25.2 Å². The lowest BCUT2D eigenvalue weighted by Gasteiger charge is -2.26. The highest BCUT2D eigenvalue weighted by Crippen LogP contribution is 2.41. The van der Waals surface area contributed by atoms with E-state index >= 15 is 0 Å². The molecular formula is C23H25N5O3S. The summed E-state index contributed by atoms with van der Waals surface area (Å²) in [7, 11) is 4.08.